The van der Waals surface area contributed by atoms with Crippen molar-refractivity contribution in [2.75, 3.05) is 46.2 Å². The van der Waals surface area contributed by atoms with E-state index in [1.54, 1.807) is 11.2 Å². The minimum absolute atomic E-state index is 0.0532. The Morgan fingerprint density at radius 1 is 1.39 bits per heavy atom. The largest absolute Gasteiger partial charge is 0.369 e. The summed E-state index contributed by atoms with van der Waals surface area (Å²) in [7, 11) is 7.58. The van der Waals surface area contributed by atoms with Crippen molar-refractivity contribution in [1.82, 2.24) is 9.80 Å². The van der Waals surface area contributed by atoms with Crippen LogP contribution in [0.4, 0.5) is 17.1 Å². The Balaban J connectivity index is 2.47. The van der Waals surface area contributed by atoms with Crippen molar-refractivity contribution in [2.45, 2.75) is 6.04 Å². The molecular formula is C15H20N6O2. The van der Waals surface area contributed by atoms with E-state index in [0.29, 0.717) is 30.5 Å². The predicted molar refractivity (Wildman–Crippen MR) is 89.3 cm³/mol. The van der Waals surface area contributed by atoms with Crippen molar-refractivity contribution >= 4 is 23.4 Å². The number of hydrogen-bond acceptors (Lipinski definition) is 6. The van der Waals surface area contributed by atoms with Gasteiger partial charge in [-0.15, -0.1) is 0 Å². The average Bonchev–Trinajstić information content (AvgIpc) is 2.42. The zero-order valence-electron chi connectivity index (χ0n) is 13.7. The molecule has 8 nitrogen and oxygen atoms in total. The molecule has 2 rings (SSSR count). The Hall–Kier alpha value is -2.66. The van der Waals surface area contributed by atoms with Crippen molar-refractivity contribution in [3.05, 3.63) is 27.8 Å². The highest BCUT2D eigenvalue weighted by Crippen LogP contribution is 2.39. The number of nitriles is 1. The van der Waals surface area contributed by atoms with Gasteiger partial charge in [0, 0.05) is 39.3 Å². The Morgan fingerprint density at radius 3 is 2.52 bits per heavy atom. The maximum atomic E-state index is 11.3. The second-order valence-corrected chi connectivity index (χ2v) is 5.93. The van der Waals surface area contributed by atoms with Crippen LogP contribution in [0.3, 0.4) is 0 Å². The molecule has 0 N–H and O–H groups in total. The Kier molecular flexibility index (Phi) is 4.81. The summed E-state index contributed by atoms with van der Waals surface area (Å²) in [4.78, 5) is 20.8. The molecule has 0 aliphatic carbocycles. The van der Waals surface area contributed by atoms with Gasteiger partial charge in [0.1, 0.15) is 17.3 Å². The molecule has 8 heteroatoms. The third-order valence-electron chi connectivity index (χ3n) is 3.78. The van der Waals surface area contributed by atoms with E-state index in [2.05, 4.69) is 16.0 Å². The van der Waals surface area contributed by atoms with Crippen LogP contribution in [0, 0.1) is 21.4 Å². The highest BCUT2D eigenvalue weighted by Gasteiger charge is 2.35. The molecule has 0 atom stereocenters. The van der Waals surface area contributed by atoms with Crippen molar-refractivity contribution in [3.8, 4) is 6.07 Å². The van der Waals surface area contributed by atoms with Gasteiger partial charge in [-0.3, -0.25) is 10.1 Å². The van der Waals surface area contributed by atoms with E-state index in [9.17, 15) is 15.4 Å². The van der Waals surface area contributed by atoms with E-state index in [0.717, 1.165) is 0 Å². The number of aliphatic imine (C=N–C) groups is 1. The molecule has 0 amide bonds. The first-order chi connectivity index (χ1) is 10.8. The number of nitro groups is 1. The zero-order chi connectivity index (χ0) is 17.1. The first-order valence-corrected chi connectivity index (χ1v) is 7.18. The van der Waals surface area contributed by atoms with Crippen LogP contribution in [0.5, 0.6) is 0 Å². The van der Waals surface area contributed by atoms with Crippen LogP contribution in [0.2, 0.25) is 0 Å². The van der Waals surface area contributed by atoms with Crippen LogP contribution in [0.25, 0.3) is 0 Å². The highest BCUT2D eigenvalue weighted by molar-refractivity contribution is 5.81. The molecule has 1 saturated heterocycles. The second-order valence-electron chi connectivity index (χ2n) is 5.93. The van der Waals surface area contributed by atoms with Gasteiger partial charge in [0.15, 0.2) is 0 Å². The summed E-state index contributed by atoms with van der Waals surface area (Å²) in [5.41, 5.74) is 0.996. The Labute approximate surface area is 135 Å². The number of nitrogens with zero attached hydrogens (tertiary/aromatic N) is 6. The standard InChI is InChI=1S/C15H20N6O2/c1-18(2)10-17-13-5-6-14(21(22)23)15(12(13)7-16)20-8-11(9-20)19(3)4/h5-6,10-11H,8-9H2,1-4H3. The molecule has 1 aromatic rings. The fourth-order valence-corrected chi connectivity index (χ4v) is 2.40. The van der Waals surface area contributed by atoms with Crippen molar-refractivity contribution < 1.29 is 4.92 Å². The van der Waals surface area contributed by atoms with Crippen LogP contribution in [0.1, 0.15) is 5.56 Å². The lowest BCUT2D eigenvalue weighted by atomic mass is 10.0. The van der Waals surface area contributed by atoms with Crippen LogP contribution >= 0.6 is 0 Å². The van der Waals surface area contributed by atoms with Gasteiger partial charge in [-0.2, -0.15) is 5.26 Å². The number of benzene rings is 1. The smallest absolute Gasteiger partial charge is 0.294 e. The molecule has 0 aromatic heterocycles. The number of hydrogen-bond donors (Lipinski definition) is 0. The van der Waals surface area contributed by atoms with Gasteiger partial charge in [0.2, 0.25) is 0 Å². The van der Waals surface area contributed by atoms with Crippen LogP contribution in [-0.2, 0) is 0 Å². The Bertz CT molecular complexity index is 671. The van der Waals surface area contributed by atoms with Gasteiger partial charge in [-0.25, -0.2) is 4.99 Å². The lowest BCUT2D eigenvalue weighted by Gasteiger charge is -2.44. The zero-order valence-corrected chi connectivity index (χ0v) is 13.7. The van der Waals surface area contributed by atoms with Crippen LogP contribution in [-0.4, -0.2) is 68.4 Å². The number of rotatable bonds is 5. The molecule has 0 unspecified atom stereocenters. The number of likely N-dealkylation sites (N-methyl/N-ethyl adjacent to an activating group) is 1. The summed E-state index contributed by atoms with van der Waals surface area (Å²) in [5, 5.41) is 20.9. The molecule has 122 valence electrons. The normalized spacial score (nSPS) is 14.9. The van der Waals surface area contributed by atoms with E-state index in [4.69, 9.17) is 0 Å². The maximum Gasteiger partial charge on any atom is 0.294 e. The molecule has 1 heterocycles. The van der Waals surface area contributed by atoms with Gasteiger partial charge in [0.05, 0.1) is 16.9 Å². The molecule has 1 fully saturated rings. The third-order valence-corrected chi connectivity index (χ3v) is 3.78. The van der Waals surface area contributed by atoms with Gasteiger partial charge < -0.3 is 14.7 Å². The van der Waals surface area contributed by atoms with E-state index >= 15 is 0 Å². The van der Waals surface area contributed by atoms with Crippen molar-refractivity contribution in [3.63, 3.8) is 0 Å². The molecule has 23 heavy (non-hydrogen) atoms. The lowest BCUT2D eigenvalue weighted by molar-refractivity contribution is -0.384. The summed E-state index contributed by atoms with van der Waals surface area (Å²) < 4.78 is 0. The Morgan fingerprint density at radius 2 is 2.04 bits per heavy atom. The van der Waals surface area contributed by atoms with Gasteiger partial charge in [-0.05, 0) is 20.2 Å². The average molecular weight is 316 g/mol. The maximum absolute atomic E-state index is 11.3. The molecule has 1 aliphatic rings. The monoisotopic (exact) mass is 316 g/mol. The number of nitro benzene ring substituents is 1. The molecule has 1 aromatic carbocycles. The summed E-state index contributed by atoms with van der Waals surface area (Å²) in [6.45, 7) is 1.31. The summed E-state index contributed by atoms with van der Waals surface area (Å²) in [5.74, 6) is 0. The van der Waals surface area contributed by atoms with E-state index in [1.807, 2.05) is 33.1 Å². The van der Waals surface area contributed by atoms with Crippen molar-refractivity contribution in [2.24, 2.45) is 4.99 Å². The highest BCUT2D eigenvalue weighted by atomic mass is 16.6. The predicted octanol–water partition coefficient (Wildman–Crippen LogP) is 1.44. The second kappa shape index (κ2) is 6.62. The van der Waals surface area contributed by atoms with E-state index in [-0.39, 0.29) is 11.3 Å². The molecule has 0 spiro atoms. The van der Waals surface area contributed by atoms with E-state index in [1.165, 1.54) is 12.1 Å². The topological polar surface area (TPSA) is 89.0 Å². The molecular weight excluding hydrogens is 296 g/mol. The fourth-order valence-electron chi connectivity index (χ4n) is 2.40. The van der Waals surface area contributed by atoms with Gasteiger partial charge >= 0.3 is 0 Å². The first-order valence-electron chi connectivity index (χ1n) is 7.18. The fraction of sp³-hybridized carbons (Fsp3) is 0.467. The van der Waals surface area contributed by atoms with Crippen LogP contribution in [0.15, 0.2) is 17.1 Å². The minimum atomic E-state index is -0.446. The van der Waals surface area contributed by atoms with Crippen LogP contribution < -0.4 is 4.90 Å². The minimum Gasteiger partial charge on any atom is -0.369 e. The quantitative estimate of drug-likeness (QED) is 0.353. The SMILES string of the molecule is CN(C)C=Nc1ccc([N+](=O)[O-])c(N2CC(N(C)C)C2)c1C#N. The lowest BCUT2D eigenvalue weighted by Crippen LogP contribution is -2.57. The molecule has 0 bridgehead atoms. The summed E-state index contributed by atoms with van der Waals surface area (Å²) in [6.07, 6.45) is 1.57. The third kappa shape index (κ3) is 3.40. The van der Waals surface area contributed by atoms with E-state index < -0.39 is 4.92 Å². The first kappa shape index (κ1) is 16.7. The molecule has 0 radical (unpaired) electrons. The summed E-state index contributed by atoms with van der Waals surface area (Å²) in [6, 6.07) is 5.35. The molecule has 0 saturated carbocycles. The number of anilines is 1. The van der Waals surface area contributed by atoms with Gasteiger partial charge in [-0.1, -0.05) is 0 Å². The van der Waals surface area contributed by atoms with Gasteiger partial charge in [0.25, 0.3) is 5.69 Å². The molecule has 1 aliphatic heterocycles. The summed E-state index contributed by atoms with van der Waals surface area (Å²) >= 11 is 0. The van der Waals surface area contributed by atoms with Crippen molar-refractivity contribution in [1.29, 1.82) is 5.26 Å².